The number of ether oxygens (including phenoxy) is 1. The van der Waals surface area contributed by atoms with Gasteiger partial charge in [-0.15, -0.1) is 0 Å². The molecule has 0 spiro atoms. The summed E-state index contributed by atoms with van der Waals surface area (Å²) in [5.74, 6) is 0. The van der Waals surface area contributed by atoms with Crippen molar-refractivity contribution in [1.82, 2.24) is 4.90 Å². The van der Waals surface area contributed by atoms with Gasteiger partial charge in [0.15, 0.2) is 0 Å². The fraction of sp³-hybridized carbons (Fsp3) is 0.462. The van der Waals surface area contributed by atoms with Crippen LogP contribution in [0.4, 0.5) is 4.79 Å². The number of hydrogen-bond donors (Lipinski definition) is 0. The largest absolute Gasteiger partial charge is 0.444 e. The number of amides is 1. The summed E-state index contributed by atoms with van der Waals surface area (Å²) in [4.78, 5) is 13.0. The normalized spacial score (nSPS) is 25.1. The lowest BCUT2D eigenvalue weighted by Gasteiger charge is -2.23. The molecular weight excluding hydrogens is 282 g/mol. The number of aryl methyl sites for hydroxylation is 1. The first kappa shape index (κ1) is 13.4. The molecule has 0 aromatic heterocycles. The van der Waals surface area contributed by atoms with Gasteiger partial charge in [-0.3, -0.25) is 9.08 Å². The molecule has 2 saturated heterocycles. The van der Waals surface area contributed by atoms with Gasteiger partial charge in [0.2, 0.25) is 0 Å². The van der Waals surface area contributed by atoms with Crippen molar-refractivity contribution < 1.29 is 22.1 Å². The molecular formula is C13H15NO5S. The summed E-state index contributed by atoms with van der Waals surface area (Å²) in [5.41, 5.74) is 0.978. The molecule has 2 fully saturated rings. The third-order valence-corrected chi connectivity index (χ3v) is 4.90. The van der Waals surface area contributed by atoms with Gasteiger partial charge in [-0.25, -0.2) is 4.79 Å². The lowest BCUT2D eigenvalue weighted by Crippen LogP contribution is -2.38. The molecule has 108 valence electrons. The Kier molecular flexibility index (Phi) is 3.18. The van der Waals surface area contributed by atoms with Crippen molar-refractivity contribution in [3.8, 4) is 0 Å². The number of rotatable bonds is 4. The molecule has 2 atom stereocenters. The van der Waals surface area contributed by atoms with Gasteiger partial charge in [-0.05, 0) is 19.1 Å². The molecule has 1 aromatic carbocycles. The zero-order chi connectivity index (χ0) is 14.3. The van der Waals surface area contributed by atoms with E-state index in [1.807, 2.05) is 6.92 Å². The molecule has 7 heteroatoms. The summed E-state index contributed by atoms with van der Waals surface area (Å²) in [6, 6.07) is 6.24. The summed E-state index contributed by atoms with van der Waals surface area (Å²) in [5, 5.41) is 0. The van der Waals surface area contributed by atoms with Gasteiger partial charge in [0.25, 0.3) is 10.1 Å². The van der Waals surface area contributed by atoms with Gasteiger partial charge in [0.1, 0.15) is 6.10 Å². The minimum atomic E-state index is -3.78. The average molecular weight is 297 g/mol. The van der Waals surface area contributed by atoms with Crippen molar-refractivity contribution in [3.05, 3.63) is 29.8 Å². The number of hydrogen-bond acceptors (Lipinski definition) is 5. The van der Waals surface area contributed by atoms with Crippen LogP contribution in [0.25, 0.3) is 0 Å². The standard InChI is InChI=1S/C13H15NO5S/c1-9-2-4-12(5-3-9)20(16,17)18-8-10-6-11-7-14(10)13(15)19-11/h2-5,10-11H,6-8H2,1H3. The van der Waals surface area contributed by atoms with E-state index in [9.17, 15) is 13.2 Å². The number of benzene rings is 1. The first-order chi connectivity index (χ1) is 9.45. The quantitative estimate of drug-likeness (QED) is 0.783. The topological polar surface area (TPSA) is 72.9 Å². The van der Waals surface area contributed by atoms with Crippen molar-refractivity contribution in [2.75, 3.05) is 13.2 Å². The Morgan fingerprint density at radius 3 is 2.65 bits per heavy atom. The summed E-state index contributed by atoms with van der Waals surface area (Å²) < 4.78 is 34.1. The van der Waals surface area contributed by atoms with Gasteiger partial charge in [0.05, 0.1) is 24.1 Å². The van der Waals surface area contributed by atoms with Crippen LogP contribution in [-0.4, -0.2) is 44.7 Å². The lowest BCUT2D eigenvalue weighted by atomic mass is 10.2. The summed E-state index contributed by atoms with van der Waals surface area (Å²) >= 11 is 0. The van der Waals surface area contributed by atoms with Gasteiger partial charge in [0, 0.05) is 6.42 Å². The highest BCUT2D eigenvalue weighted by atomic mass is 32.2. The third-order valence-electron chi connectivity index (χ3n) is 3.60. The predicted molar refractivity (Wildman–Crippen MR) is 69.7 cm³/mol. The van der Waals surface area contributed by atoms with E-state index in [4.69, 9.17) is 8.92 Å². The number of nitrogens with zero attached hydrogens (tertiary/aromatic N) is 1. The molecule has 1 amide bonds. The molecule has 6 nitrogen and oxygen atoms in total. The molecule has 3 rings (SSSR count). The second-order valence-corrected chi connectivity index (χ2v) is 6.71. The van der Waals surface area contributed by atoms with E-state index in [0.717, 1.165) is 5.56 Å². The Morgan fingerprint density at radius 2 is 2.05 bits per heavy atom. The van der Waals surface area contributed by atoms with Crippen molar-refractivity contribution >= 4 is 16.2 Å². The molecule has 2 unspecified atom stereocenters. The Balaban J connectivity index is 1.66. The van der Waals surface area contributed by atoms with Crippen LogP contribution in [0.1, 0.15) is 12.0 Å². The molecule has 2 bridgehead atoms. The SMILES string of the molecule is Cc1ccc(S(=O)(=O)OCC2CC3CN2C(=O)O3)cc1. The second kappa shape index (κ2) is 4.75. The molecule has 2 heterocycles. The van der Waals surface area contributed by atoms with Gasteiger partial charge >= 0.3 is 6.09 Å². The van der Waals surface area contributed by atoms with E-state index in [2.05, 4.69) is 0 Å². The monoisotopic (exact) mass is 297 g/mol. The van der Waals surface area contributed by atoms with E-state index >= 15 is 0 Å². The molecule has 2 aliphatic heterocycles. The molecule has 2 aliphatic rings. The highest BCUT2D eigenvalue weighted by Gasteiger charge is 2.45. The van der Waals surface area contributed by atoms with Crippen LogP contribution in [0.3, 0.4) is 0 Å². The zero-order valence-corrected chi connectivity index (χ0v) is 11.8. The molecule has 0 radical (unpaired) electrons. The third kappa shape index (κ3) is 2.38. The van der Waals surface area contributed by atoms with Crippen LogP contribution < -0.4 is 0 Å². The molecule has 0 aliphatic carbocycles. The number of carbonyl (C=O) groups excluding carboxylic acids is 1. The van der Waals surface area contributed by atoms with Crippen LogP contribution in [0, 0.1) is 6.92 Å². The second-order valence-electron chi connectivity index (χ2n) is 5.10. The first-order valence-electron chi connectivity index (χ1n) is 6.39. The van der Waals surface area contributed by atoms with E-state index in [1.165, 1.54) is 17.0 Å². The summed E-state index contributed by atoms with van der Waals surface area (Å²) in [7, 11) is -3.78. The van der Waals surface area contributed by atoms with E-state index in [-0.39, 0.29) is 29.7 Å². The van der Waals surface area contributed by atoms with Gasteiger partial charge in [-0.2, -0.15) is 8.42 Å². The van der Waals surface area contributed by atoms with Crippen molar-refractivity contribution in [2.24, 2.45) is 0 Å². The minimum absolute atomic E-state index is 0.0260. The van der Waals surface area contributed by atoms with E-state index in [0.29, 0.717) is 13.0 Å². The lowest BCUT2D eigenvalue weighted by molar-refractivity contribution is 0.0806. The Labute approximate surface area is 117 Å². The van der Waals surface area contributed by atoms with Gasteiger partial charge in [-0.1, -0.05) is 17.7 Å². The van der Waals surface area contributed by atoms with Crippen molar-refractivity contribution in [1.29, 1.82) is 0 Å². The van der Waals surface area contributed by atoms with Crippen molar-refractivity contribution in [3.63, 3.8) is 0 Å². The summed E-state index contributed by atoms with van der Waals surface area (Å²) in [6.07, 6.45) is 0.107. The predicted octanol–water partition coefficient (Wildman–Crippen LogP) is 1.29. The van der Waals surface area contributed by atoms with Crippen LogP contribution in [0.5, 0.6) is 0 Å². The summed E-state index contributed by atoms with van der Waals surface area (Å²) in [6.45, 7) is 2.38. The maximum Gasteiger partial charge on any atom is 0.410 e. The van der Waals surface area contributed by atoms with E-state index < -0.39 is 10.1 Å². The first-order valence-corrected chi connectivity index (χ1v) is 7.80. The molecule has 0 N–H and O–H groups in total. The highest BCUT2D eigenvalue weighted by molar-refractivity contribution is 7.86. The smallest absolute Gasteiger partial charge is 0.410 e. The molecule has 20 heavy (non-hydrogen) atoms. The maximum absolute atomic E-state index is 12.0. The Bertz CT molecular complexity index is 625. The Hall–Kier alpha value is -1.60. The van der Waals surface area contributed by atoms with Crippen LogP contribution in [0.15, 0.2) is 29.2 Å². The zero-order valence-electron chi connectivity index (χ0n) is 11.0. The van der Waals surface area contributed by atoms with E-state index in [1.54, 1.807) is 12.1 Å². The highest BCUT2D eigenvalue weighted by Crippen LogP contribution is 2.29. The maximum atomic E-state index is 12.0. The van der Waals surface area contributed by atoms with Crippen LogP contribution in [0.2, 0.25) is 0 Å². The fourth-order valence-corrected chi connectivity index (χ4v) is 3.43. The minimum Gasteiger partial charge on any atom is -0.444 e. The number of carbonyl (C=O) groups is 1. The van der Waals surface area contributed by atoms with Crippen LogP contribution in [-0.2, 0) is 19.0 Å². The van der Waals surface area contributed by atoms with Crippen molar-refractivity contribution in [2.45, 2.75) is 30.4 Å². The van der Waals surface area contributed by atoms with Gasteiger partial charge < -0.3 is 4.74 Å². The average Bonchev–Trinajstić information content (AvgIpc) is 2.95. The Morgan fingerprint density at radius 1 is 1.35 bits per heavy atom. The number of fused-ring (bicyclic) bond motifs is 2. The molecule has 0 saturated carbocycles. The molecule has 1 aromatic rings. The fourth-order valence-electron chi connectivity index (χ4n) is 2.49. The van der Waals surface area contributed by atoms with Crippen LogP contribution >= 0.6 is 0 Å².